The van der Waals surface area contributed by atoms with Gasteiger partial charge in [0.2, 0.25) is 0 Å². The van der Waals surface area contributed by atoms with E-state index in [1.165, 1.54) is 13.2 Å². The van der Waals surface area contributed by atoms with Crippen LogP contribution in [0.3, 0.4) is 0 Å². The van der Waals surface area contributed by atoms with Crippen molar-refractivity contribution in [2.45, 2.75) is 6.10 Å². The van der Waals surface area contributed by atoms with E-state index in [2.05, 4.69) is 5.32 Å². The number of hydrogen-bond donors (Lipinski definition) is 2. The largest absolute Gasteiger partial charge is 0.389 e. The van der Waals surface area contributed by atoms with Gasteiger partial charge in [0.1, 0.15) is 5.69 Å². The Balaban J connectivity index is 2.73. The number of halogens is 1. The molecule has 1 aromatic carbocycles. The highest BCUT2D eigenvalue weighted by Crippen LogP contribution is 2.26. The average molecular weight is 352 g/mol. The van der Waals surface area contributed by atoms with E-state index in [-0.39, 0.29) is 18.8 Å². The Labute approximate surface area is 112 Å². The SMILES string of the molecule is COCC(O)CNc1ccc(I)cc1[N+](=O)[O-]. The lowest BCUT2D eigenvalue weighted by molar-refractivity contribution is -0.384. The number of rotatable bonds is 6. The lowest BCUT2D eigenvalue weighted by Crippen LogP contribution is -2.24. The molecule has 2 N–H and O–H groups in total. The lowest BCUT2D eigenvalue weighted by Gasteiger charge is -2.12. The van der Waals surface area contributed by atoms with E-state index in [1.807, 2.05) is 22.6 Å². The fourth-order valence-corrected chi connectivity index (χ4v) is 1.76. The molecular weight excluding hydrogens is 339 g/mol. The first-order valence-electron chi connectivity index (χ1n) is 4.89. The van der Waals surface area contributed by atoms with Crippen LogP contribution in [0.1, 0.15) is 0 Å². The van der Waals surface area contributed by atoms with Crippen molar-refractivity contribution < 1.29 is 14.8 Å². The van der Waals surface area contributed by atoms with E-state index in [4.69, 9.17) is 4.74 Å². The number of aliphatic hydroxyl groups excluding tert-OH is 1. The maximum absolute atomic E-state index is 10.8. The second kappa shape index (κ2) is 6.72. The molecule has 0 fully saturated rings. The summed E-state index contributed by atoms with van der Waals surface area (Å²) >= 11 is 2.01. The van der Waals surface area contributed by atoms with Crippen molar-refractivity contribution >= 4 is 34.0 Å². The first-order chi connectivity index (χ1) is 8.04. The maximum Gasteiger partial charge on any atom is 0.293 e. The average Bonchev–Trinajstić information content (AvgIpc) is 2.27. The van der Waals surface area contributed by atoms with Gasteiger partial charge in [-0.2, -0.15) is 0 Å². The van der Waals surface area contributed by atoms with Crippen LogP contribution in [-0.2, 0) is 4.74 Å². The van der Waals surface area contributed by atoms with Gasteiger partial charge in [-0.15, -0.1) is 0 Å². The van der Waals surface area contributed by atoms with E-state index in [0.29, 0.717) is 5.69 Å². The topological polar surface area (TPSA) is 84.6 Å². The number of ether oxygens (including phenoxy) is 1. The number of nitro groups is 1. The molecule has 17 heavy (non-hydrogen) atoms. The number of nitrogens with zero attached hydrogens (tertiary/aromatic N) is 1. The molecule has 6 nitrogen and oxygen atoms in total. The van der Waals surface area contributed by atoms with Crippen LogP contribution < -0.4 is 5.32 Å². The van der Waals surface area contributed by atoms with Gasteiger partial charge in [0.05, 0.1) is 17.6 Å². The van der Waals surface area contributed by atoms with E-state index in [0.717, 1.165) is 3.57 Å². The summed E-state index contributed by atoms with van der Waals surface area (Å²) in [4.78, 5) is 10.4. The van der Waals surface area contributed by atoms with E-state index < -0.39 is 11.0 Å². The highest BCUT2D eigenvalue weighted by molar-refractivity contribution is 14.1. The summed E-state index contributed by atoms with van der Waals surface area (Å²) in [6, 6.07) is 4.86. The third kappa shape index (κ3) is 4.44. The summed E-state index contributed by atoms with van der Waals surface area (Å²) in [5.74, 6) is 0. The molecule has 0 heterocycles. The van der Waals surface area contributed by atoms with Crippen LogP contribution in [0.25, 0.3) is 0 Å². The number of benzene rings is 1. The second-order valence-corrected chi connectivity index (χ2v) is 4.65. The molecule has 0 aliphatic heterocycles. The van der Waals surface area contributed by atoms with E-state index >= 15 is 0 Å². The molecule has 0 bridgehead atoms. The first-order valence-corrected chi connectivity index (χ1v) is 5.97. The Morgan fingerprint density at radius 3 is 2.94 bits per heavy atom. The van der Waals surface area contributed by atoms with Gasteiger partial charge < -0.3 is 15.2 Å². The molecule has 1 atom stereocenters. The molecule has 0 amide bonds. The van der Waals surface area contributed by atoms with Crippen LogP contribution in [0.2, 0.25) is 0 Å². The summed E-state index contributed by atoms with van der Waals surface area (Å²) in [7, 11) is 1.48. The van der Waals surface area contributed by atoms with Crippen LogP contribution >= 0.6 is 22.6 Å². The molecule has 0 radical (unpaired) electrons. The number of nitro benzene ring substituents is 1. The molecular formula is C10H13IN2O4. The second-order valence-electron chi connectivity index (χ2n) is 3.41. The number of hydrogen-bond acceptors (Lipinski definition) is 5. The number of nitrogens with one attached hydrogen (secondary N) is 1. The minimum atomic E-state index is -0.695. The Kier molecular flexibility index (Phi) is 5.59. The molecule has 1 rings (SSSR count). The van der Waals surface area contributed by atoms with Crippen LogP contribution in [0.5, 0.6) is 0 Å². The summed E-state index contributed by atoms with van der Waals surface area (Å²) in [5.41, 5.74) is 0.395. The summed E-state index contributed by atoms with van der Waals surface area (Å²) < 4.78 is 5.55. The van der Waals surface area contributed by atoms with Crippen molar-refractivity contribution in [3.8, 4) is 0 Å². The van der Waals surface area contributed by atoms with Crippen LogP contribution in [0.4, 0.5) is 11.4 Å². The van der Waals surface area contributed by atoms with Gasteiger partial charge in [-0.1, -0.05) is 0 Å². The van der Waals surface area contributed by atoms with Crippen molar-refractivity contribution in [3.63, 3.8) is 0 Å². The zero-order chi connectivity index (χ0) is 12.8. The molecule has 0 aliphatic carbocycles. The Bertz CT molecular complexity index is 400. The molecule has 94 valence electrons. The van der Waals surface area contributed by atoms with Gasteiger partial charge in [0, 0.05) is 23.3 Å². The molecule has 0 aliphatic rings. The summed E-state index contributed by atoms with van der Waals surface area (Å²) in [5, 5.41) is 23.1. The molecule has 0 spiro atoms. The van der Waals surface area contributed by atoms with Gasteiger partial charge in [-0.3, -0.25) is 10.1 Å². The third-order valence-electron chi connectivity index (χ3n) is 2.04. The quantitative estimate of drug-likeness (QED) is 0.462. The van der Waals surface area contributed by atoms with Gasteiger partial charge >= 0.3 is 0 Å². The minimum absolute atomic E-state index is 0.00140. The minimum Gasteiger partial charge on any atom is -0.389 e. The first kappa shape index (κ1) is 14.1. The predicted octanol–water partition coefficient (Wildman–Crippen LogP) is 1.62. The van der Waals surface area contributed by atoms with Gasteiger partial charge in [0.25, 0.3) is 5.69 Å². The number of anilines is 1. The monoisotopic (exact) mass is 352 g/mol. The fraction of sp³-hybridized carbons (Fsp3) is 0.400. The lowest BCUT2D eigenvalue weighted by atomic mass is 10.2. The van der Waals surface area contributed by atoms with Crippen molar-refractivity contribution in [2.75, 3.05) is 25.6 Å². The highest BCUT2D eigenvalue weighted by atomic mass is 127. The summed E-state index contributed by atoms with van der Waals surface area (Å²) in [6.07, 6.45) is -0.695. The maximum atomic E-state index is 10.8. The van der Waals surface area contributed by atoms with Crippen molar-refractivity contribution in [3.05, 3.63) is 31.9 Å². The van der Waals surface area contributed by atoms with E-state index in [9.17, 15) is 15.2 Å². The molecule has 0 saturated carbocycles. The smallest absolute Gasteiger partial charge is 0.293 e. The van der Waals surface area contributed by atoms with Crippen LogP contribution in [0.15, 0.2) is 18.2 Å². The highest BCUT2D eigenvalue weighted by Gasteiger charge is 2.14. The van der Waals surface area contributed by atoms with Crippen molar-refractivity contribution in [1.29, 1.82) is 0 Å². The Morgan fingerprint density at radius 2 is 2.35 bits per heavy atom. The third-order valence-corrected chi connectivity index (χ3v) is 2.71. The molecule has 0 aromatic heterocycles. The van der Waals surface area contributed by atoms with Gasteiger partial charge in [0.15, 0.2) is 0 Å². The molecule has 1 unspecified atom stereocenters. The number of aliphatic hydroxyl groups is 1. The van der Waals surface area contributed by atoms with Crippen molar-refractivity contribution in [2.24, 2.45) is 0 Å². The van der Waals surface area contributed by atoms with Gasteiger partial charge in [-0.05, 0) is 34.7 Å². The molecule has 0 saturated heterocycles. The fourth-order valence-electron chi connectivity index (χ4n) is 1.28. The Morgan fingerprint density at radius 1 is 1.65 bits per heavy atom. The zero-order valence-corrected chi connectivity index (χ0v) is 11.4. The molecule has 1 aromatic rings. The Hall–Kier alpha value is -0.930. The normalized spacial score (nSPS) is 12.2. The zero-order valence-electron chi connectivity index (χ0n) is 9.22. The standard InChI is InChI=1S/C10H13IN2O4/c1-17-6-8(14)5-12-9-3-2-7(11)4-10(9)13(15)16/h2-4,8,12,14H,5-6H2,1H3. The van der Waals surface area contributed by atoms with Crippen LogP contribution in [-0.4, -0.2) is 36.4 Å². The van der Waals surface area contributed by atoms with Crippen molar-refractivity contribution in [1.82, 2.24) is 0 Å². The van der Waals surface area contributed by atoms with Gasteiger partial charge in [-0.25, -0.2) is 0 Å². The van der Waals surface area contributed by atoms with Crippen LogP contribution in [0, 0.1) is 13.7 Å². The molecule has 7 heteroatoms. The van der Waals surface area contributed by atoms with E-state index in [1.54, 1.807) is 12.1 Å². The number of methoxy groups -OCH3 is 1. The predicted molar refractivity (Wildman–Crippen MR) is 72.2 cm³/mol. The summed E-state index contributed by atoms with van der Waals surface area (Å²) in [6.45, 7) is 0.389.